The van der Waals surface area contributed by atoms with Gasteiger partial charge < -0.3 is 15.5 Å². The second kappa shape index (κ2) is 7.03. The molecule has 158 valence electrons. The highest BCUT2D eigenvalue weighted by Crippen LogP contribution is 2.48. The molecule has 4 aliphatic rings. The molecule has 5 rings (SSSR count). The predicted octanol–water partition coefficient (Wildman–Crippen LogP) is 1.01. The number of nitrogens with zero attached hydrogens (tertiary/aromatic N) is 4. The highest BCUT2D eigenvalue weighted by Gasteiger charge is 2.56. The van der Waals surface area contributed by atoms with Crippen molar-refractivity contribution in [2.75, 3.05) is 13.1 Å². The van der Waals surface area contributed by atoms with Crippen LogP contribution >= 0.6 is 0 Å². The van der Waals surface area contributed by atoms with Crippen LogP contribution in [-0.4, -0.2) is 69.8 Å². The summed E-state index contributed by atoms with van der Waals surface area (Å²) >= 11 is 0. The van der Waals surface area contributed by atoms with Crippen molar-refractivity contribution < 1.29 is 14.0 Å². The Kier molecular flexibility index (Phi) is 4.56. The second-order valence-corrected chi connectivity index (χ2v) is 9.13. The highest BCUT2D eigenvalue weighted by atomic mass is 19.1. The van der Waals surface area contributed by atoms with E-state index >= 15 is 0 Å². The van der Waals surface area contributed by atoms with Crippen LogP contribution in [0.15, 0.2) is 24.3 Å². The average molecular weight is 411 g/mol. The minimum absolute atomic E-state index is 0.0148. The van der Waals surface area contributed by atoms with E-state index in [9.17, 15) is 19.2 Å². The quantitative estimate of drug-likeness (QED) is 0.781. The van der Waals surface area contributed by atoms with Gasteiger partial charge in [0, 0.05) is 25.2 Å². The Hall–Kier alpha value is -2.50. The van der Waals surface area contributed by atoms with Crippen LogP contribution in [-0.2, 0) is 9.59 Å². The fraction of sp³-hybridized carbons (Fsp3) is 0.591. The predicted molar refractivity (Wildman–Crippen MR) is 106 cm³/mol. The van der Waals surface area contributed by atoms with Gasteiger partial charge in [-0.15, -0.1) is 0 Å². The molecule has 1 aliphatic carbocycles. The summed E-state index contributed by atoms with van der Waals surface area (Å²) in [4.78, 5) is 31.5. The molecule has 3 aliphatic heterocycles. The number of fused-ring (bicyclic) bond motifs is 3. The monoisotopic (exact) mass is 411 g/mol. The average Bonchev–Trinajstić information content (AvgIpc) is 3.06. The van der Waals surface area contributed by atoms with Gasteiger partial charge >= 0.3 is 0 Å². The highest BCUT2D eigenvalue weighted by molar-refractivity contribution is 5.87. The number of hydrogen-bond acceptors (Lipinski definition) is 5. The summed E-state index contributed by atoms with van der Waals surface area (Å²) < 4.78 is 13.6. The van der Waals surface area contributed by atoms with Crippen LogP contribution in [0.25, 0.3) is 0 Å². The van der Waals surface area contributed by atoms with Gasteiger partial charge in [-0.2, -0.15) is 5.26 Å². The lowest BCUT2D eigenvalue weighted by Gasteiger charge is -2.38. The van der Waals surface area contributed by atoms with Crippen LogP contribution in [0.2, 0.25) is 0 Å². The zero-order valence-electron chi connectivity index (χ0n) is 16.9. The summed E-state index contributed by atoms with van der Waals surface area (Å²) in [5, 5.41) is 9.33. The first-order valence-electron chi connectivity index (χ1n) is 10.7. The van der Waals surface area contributed by atoms with Gasteiger partial charge in [0.2, 0.25) is 11.8 Å². The van der Waals surface area contributed by atoms with E-state index in [1.54, 1.807) is 11.0 Å². The number of piperazine rings is 1. The molecule has 0 aromatic heterocycles. The molecule has 7 atom stereocenters. The number of nitrogens with two attached hydrogens (primary N) is 1. The van der Waals surface area contributed by atoms with Crippen molar-refractivity contribution in [2.45, 2.75) is 62.4 Å². The van der Waals surface area contributed by atoms with E-state index in [2.05, 4.69) is 6.07 Å². The van der Waals surface area contributed by atoms with Crippen LogP contribution in [0, 0.1) is 23.1 Å². The SMILES string of the molecule is C[C@@H](c1cccc(F)c1)N1C(=O)[C@@H]2CC1CN2C[C@H](N)C(=O)N1C2C[C@H]2C[C@H]1C#N. The molecule has 2 N–H and O–H groups in total. The lowest BCUT2D eigenvalue weighted by Crippen LogP contribution is -2.57. The van der Waals surface area contributed by atoms with E-state index in [4.69, 9.17) is 5.73 Å². The summed E-state index contributed by atoms with van der Waals surface area (Å²) in [5.74, 6) is -0.0152. The third-order valence-corrected chi connectivity index (χ3v) is 7.32. The standard InChI is InChI=1S/C22H26FN5O2/c1-12(13-3-2-4-15(23)5-13)27-17-8-20(22(27)30)26(10-17)11-18(25)21(29)28-16(9-24)6-14-7-19(14)28/h2-5,12,14,16-20H,6-8,10-11,25H2,1H3/t12-,14+,16-,17?,18-,19?,20-/m0/s1. The number of nitriles is 1. The third kappa shape index (κ3) is 2.99. The summed E-state index contributed by atoms with van der Waals surface area (Å²) in [7, 11) is 0. The van der Waals surface area contributed by atoms with Gasteiger partial charge in [0.25, 0.3) is 0 Å². The molecule has 30 heavy (non-hydrogen) atoms. The van der Waals surface area contributed by atoms with Crippen molar-refractivity contribution in [3.8, 4) is 6.07 Å². The third-order valence-electron chi connectivity index (χ3n) is 7.32. The molecule has 7 nitrogen and oxygen atoms in total. The molecule has 1 aromatic rings. The van der Waals surface area contributed by atoms with Gasteiger partial charge in [-0.3, -0.25) is 14.5 Å². The molecule has 2 bridgehead atoms. The molecular weight excluding hydrogens is 385 g/mol. The van der Waals surface area contributed by atoms with Crippen molar-refractivity contribution in [3.63, 3.8) is 0 Å². The van der Waals surface area contributed by atoms with Gasteiger partial charge in [0.1, 0.15) is 11.9 Å². The number of benzene rings is 1. The number of rotatable bonds is 5. The van der Waals surface area contributed by atoms with Gasteiger partial charge in [0.15, 0.2) is 0 Å². The Labute approximate surface area is 175 Å². The maximum absolute atomic E-state index is 13.6. The van der Waals surface area contributed by atoms with Crippen LogP contribution in [0.4, 0.5) is 4.39 Å². The van der Waals surface area contributed by atoms with E-state index in [0.29, 0.717) is 25.4 Å². The lowest BCUT2D eigenvalue weighted by atomic mass is 10.1. The Morgan fingerprint density at radius 1 is 1.37 bits per heavy atom. The molecule has 8 heteroatoms. The molecule has 0 spiro atoms. The molecule has 3 saturated heterocycles. The smallest absolute Gasteiger partial charge is 0.242 e. The zero-order chi connectivity index (χ0) is 21.2. The number of hydrogen-bond donors (Lipinski definition) is 1. The minimum Gasteiger partial charge on any atom is -0.330 e. The van der Waals surface area contributed by atoms with E-state index in [1.165, 1.54) is 12.1 Å². The molecule has 2 unspecified atom stereocenters. The summed E-state index contributed by atoms with van der Waals surface area (Å²) in [6.45, 7) is 2.90. The number of carbonyl (C=O) groups excluding carboxylic acids is 2. The van der Waals surface area contributed by atoms with Crippen LogP contribution in [0.5, 0.6) is 0 Å². The summed E-state index contributed by atoms with van der Waals surface area (Å²) in [6.07, 6.45) is 2.42. The lowest BCUT2D eigenvalue weighted by molar-refractivity contribution is -0.141. The van der Waals surface area contributed by atoms with Crippen molar-refractivity contribution >= 4 is 11.8 Å². The van der Waals surface area contributed by atoms with Crippen molar-refractivity contribution in [1.29, 1.82) is 5.26 Å². The van der Waals surface area contributed by atoms with Gasteiger partial charge in [0.05, 0.1) is 24.2 Å². The maximum atomic E-state index is 13.6. The van der Waals surface area contributed by atoms with Crippen LogP contribution in [0.3, 0.4) is 0 Å². The topological polar surface area (TPSA) is 93.7 Å². The summed E-state index contributed by atoms with van der Waals surface area (Å²) in [6, 6.07) is 7.22. The first-order valence-corrected chi connectivity index (χ1v) is 10.7. The normalized spacial score (nSPS) is 34.1. The first-order chi connectivity index (χ1) is 14.4. The largest absolute Gasteiger partial charge is 0.330 e. The van der Waals surface area contributed by atoms with E-state index in [0.717, 1.165) is 18.4 Å². The molecule has 3 heterocycles. The van der Waals surface area contributed by atoms with Crippen LogP contribution in [0.1, 0.15) is 37.8 Å². The number of amides is 2. The van der Waals surface area contributed by atoms with Crippen molar-refractivity contribution in [2.24, 2.45) is 11.7 Å². The molecular formula is C22H26FN5O2. The fourth-order valence-corrected chi connectivity index (χ4v) is 5.74. The van der Waals surface area contributed by atoms with Crippen molar-refractivity contribution in [1.82, 2.24) is 14.7 Å². The van der Waals surface area contributed by atoms with Gasteiger partial charge in [-0.1, -0.05) is 12.1 Å². The maximum Gasteiger partial charge on any atom is 0.242 e. The number of halogens is 1. The first kappa shape index (κ1) is 19.5. The Balaban J connectivity index is 1.24. The zero-order valence-corrected chi connectivity index (χ0v) is 16.9. The Morgan fingerprint density at radius 3 is 2.87 bits per heavy atom. The van der Waals surface area contributed by atoms with E-state index in [1.807, 2.05) is 22.8 Å². The van der Waals surface area contributed by atoms with Crippen molar-refractivity contribution in [3.05, 3.63) is 35.6 Å². The Morgan fingerprint density at radius 2 is 2.17 bits per heavy atom. The number of carbonyl (C=O) groups is 2. The summed E-state index contributed by atoms with van der Waals surface area (Å²) in [5.41, 5.74) is 7.03. The number of piperidine rings is 1. The molecule has 4 fully saturated rings. The molecule has 0 radical (unpaired) electrons. The number of likely N-dealkylation sites (tertiary alicyclic amines) is 3. The fourth-order valence-electron chi connectivity index (χ4n) is 5.74. The molecule has 1 saturated carbocycles. The van der Waals surface area contributed by atoms with E-state index in [-0.39, 0.29) is 47.8 Å². The van der Waals surface area contributed by atoms with Gasteiger partial charge in [-0.05, 0) is 49.8 Å². The van der Waals surface area contributed by atoms with E-state index < -0.39 is 6.04 Å². The molecule has 1 aromatic carbocycles. The molecule has 2 amide bonds. The Bertz CT molecular complexity index is 932. The second-order valence-electron chi connectivity index (χ2n) is 9.13. The van der Waals surface area contributed by atoms with Gasteiger partial charge in [-0.25, -0.2) is 4.39 Å². The van der Waals surface area contributed by atoms with Crippen LogP contribution < -0.4 is 5.73 Å². The minimum atomic E-state index is -0.735.